The maximum Gasteiger partial charge on any atom is 0.231 e. The molecule has 1 aromatic carbocycles. The number of benzene rings is 1. The molecule has 5 nitrogen and oxygen atoms in total. The highest BCUT2D eigenvalue weighted by atomic mass is 16.7. The van der Waals surface area contributed by atoms with Gasteiger partial charge in [0.15, 0.2) is 18.1 Å². The number of hydrogen-bond acceptors (Lipinski definition) is 5. The highest BCUT2D eigenvalue weighted by molar-refractivity contribution is 5.51. The molecule has 2 rings (SSSR count). The zero-order chi connectivity index (χ0) is 10.7. The minimum Gasteiger partial charge on any atom is -0.478 e. The molecule has 0 unspecified atom stereocenters. The van der Waals surface area contributed by atoms with Gasteiger partial charge in [-0.05, 0) is 6.07 Å². The Bertz CT molecular complexity index is 411. The first-order valence-electron chi connectivity index (χ1n) is 4.38. The summed E-state index contributed by atoms with van der Waals surface area (Å²) < 4.78 is 15.4. The quantitative estimate of drug-likeness (QED) is 0.794. The fourth-order valence-electron chi connectivity index (χ4n) is 1.33. The second-order valence-corrected chi connectivity index (χ2v) is 2.92. The Morgan fingerprint density at radius 2 is 2.13 bits per heavy atom. The summed E-state index contributed by atoms with van der Waals surface area (Å²) >= 11 is 0. The molecule has 0 atom stereocenters. The van der Waals surface area contributed by atoms with E-state index < -0.39 is 0 Å². The molecule has 15 heavy (non-hydrogen) atoms. The fraction of sp³-hybridized carbons (Fsp3) is 0.300. The maximum absolute atomic E-state index is 9.09. The molecule has 1 aliphatic heterocycles. The minimum atomic E-state index is -0.169. The monoisotopic (exact) mass is 207 g/mol. The van der Waals surface area contributed by atoms with E-state index in [1.165, 1.54) is 0 Å². The molecule has 1 aromatic rings. The van der Waals surface area contributed by atoms with Gasteiger partial charge in [0.2, 0.25) is 6.79 Å². The Hall–Kier alpha value is -1.93. The molecule has 0 amide bonds. The Kier molecular flexibility index (Phi) is 2.61. The van der Waals surface area contributed by atoms with E-state index in [1.807, 2.05) is 6.07 Å². The lowest BCUT2D eigenvalue weighted by molar-refractivity contribution is 0.173. The number of aliphatic hydroxyl groups excluding tert-OH is 1. The van der Waals surface area contributed by atoms with Crippen LogP contribution in [0.5, 0.6) is 17.2 Å². The van der Waals surface area contributed by atoms with E-state index in [2.05, 4.69) is 0 Å². The molecule has 1 aliphatic rings. The van der Waals surface area contributed by atoms with Gasteiger partial charge in [0.1, 0.15) is 11.8 Å². The van der Waals surface area contributed by atoms with Crippen LogP contribution in [0.2, 0.25) is 0 Å². The fourth-order valence-corrected chi connectivity index (χ4v) is 1.33. The predicted octanol–water partition coefficient (Wildman–Crippen LogP) is 0.810. The average Bonchev–Trinajstić information content (AvgIpc) is 2.71. The Morgan fingerprint density at radius 1 is 1.40 bits per heavy atom. The Morgan fingerprint density at radius 3 is 2.80 bits per heavy atom. The minimum absolute atomic E-state index is 0.0629. The van der Waals surface area contributed by atoms with Crippen LogP contribution in [0.1, 0.15) is 5.56 Å². The summed E-state index contributed by atoms with van der Waals surface area (Å²) in [5.41, 5.74) is 0.578. The van der Waals surface area contributed by atoms with Crippen LogP contribution in [0.15, 0.2) is 12.1 Å². The molecule has 78 valence electrons. The summed E-state index contributed by atoms with van der Waals surface area (Å²) in [7, 11) is 0. The first-order chi connectivity index (χ1) is 7.35. The van der Waals surface area contributed by atoms with Crippen LogP contribution in [0, 0.1) is 11.3 Å². The van der Waals surface area contributed by atoms with Crippen molar-refractivity contribution in [1.29, 1.82) is 5.26 Å². The van der Waals surface area contributed by atoms with Crippen molar-refractivity contribution < 1.29 is 19.3 Å². The number of nitrogens with zero attached hydrogens (tertiary/aromatic N) is 1. The van der Waals surface area contributed by atoms with Gasteiger partial charge in [-0.2, -0.15) is 5.26 Å². The van der Waals surface area contributed by atoms with Gasteiger partial charge in [-0.15, -0.1) is 0 Å². The number of ether oxygens (including phenoxy) is 3. The molecule has 5 heteroatoms. The van der Waals surface area contributed by atoms with Crippen LogP contribution in [-0.2, 0) is 6.61 Å². The second-order valence-electron chi connectivity index (χ2n) is 2.92. The van der Waals surface area contributed by atoms with Crippen LogP contribution in [0.25, 0.3) is 0 Å². The summed E-state index contributed by atoms with van der Waals surface area (Å²) in [6, 6.07) is 5.12. The van der Waals surface area contributed by atoms with Crippen molar-refractivity contribution in [3.8, 4) is 23.3 Å². The highest BCUT2D eigenvalue weighted by Gasteiger charge is 2.17. The molecule has 0 saturated carbocycles. The van der Waals surface area contributed by atoms with E-state index in [1.54, 1.807) is 12.1 Å². The van der Waals surface area contributed by atoms with Crippen molar-refractivity contribution in [2.75, 3.05) is 13.4 Å². The lowest BCUT2D eigenvalue weighted by Crippen LogP contribution is -1.98. The van der Waals surface area contributed by atoms with Gasteiger partial charge in [-0.3, -0.25) is 0 Å². The summed E-state index contributed by atoms with van der Waals surface area (Å²) in [5.74, 6) is 1.60. The maximum atomic E-state index is 9.09. The molecule has 0 radical (unpaired) electrons. The number of aliphatic hydroxyl groups is 1. The number of rotatable bonds is 3. The van der Waals surface area contributed by atoms with Crippen molar-refractivity contribution in [1.82, 2.24) is 0 Å². The standard InChI is InChI=1S/C10H9NO4/c11-1-2-13-8-4-10-9(14-6-15-10)3-7(8)5-12/h3-4,12H,2,5-6H2. The molecule has 0 aliphatic carbocycles. The zero-order valence-corrected chi connectivity index (χ0v) is 7.90. The van der Waals surface area contributed by atoms with Gasteiger partial charge < -0.3 is 19.3 Å². The lowest BCUT2D eigenvalue weighted by atomic mass is 10.2. The lowest BCUT2D eigenvalue weighted by Gasteiger charge is -2.08. The van der Waals surface area contributed by atoms with Gasteiger partial charge in [0, 0.05) is 11.6 Å². The van der Waals surface area contributed by atoms with Gasteiger partial charge in [-0.1, -0.05) is 0 Å². The van der Waals surface area contributed by atoms with Gasteiger partial charge in [0.05, 0.1) is 6.61 Å². The summed E-state index contributed by atoms with van der Waals surface area (Å²) in [6.45, 7) is -0.0635. The number of fused-ring (bicyclic) bond motifs is 1. The zero-order valence-electron chi connectivity index (χ0n) is 7.90. The van der Waals surface area contributed by atoms with Gasteiger partial charge in [0.25, 0.3) is 0 Å². The van der Waals surface area contributed by atoms with Crippen LogP contribution in [0.4, 0.5) is 0 Å². The first kappa shape index (κ1) is 9.62. The molecule has 0 bridgehead atoms. The second kappa shape index (κ2) is 4.07. The van der Waals surface area contributed by atoms with Crippen molar-refractivity contribution in [2.45, 2.75) is 6.61 Å². The first-order valence-corrected chi connectivity index (χ1v) is 4.38. The molecular weight excluding hydrogens is 198 g/mol. The van der Waals surface area contributed by atoms with Crippen molar-refractivity contribution >= 4 is 0 Å². The van der Waals surface area contributed by atoms with E-state index in [-0.39, 0.29) is 20.0 Å². The van der Waals surface area contributed by atoms with Crippen LogP contribution in [-0.4, -0.2) is 18.5 Å². The van der Waals surface area contributed by atoms with E-state index in [0.717, 1.165) is 0 Å². The molecular formula is C10H9NO4. The summed E-state index contributed by atoms with van der Waals surface area (Å²) in [5, 5.41) is 17.5. The normalized spacial score (nSPS) is 12.3. The number of nitriles is 1. The van der Waals surface area contributed by atoms with Crippen LogP contribution < -0.4 is 14.2 Å². The van der Waals surface area contributed by atoms with E-state index in [9.17, 15) is 0 Å². The van der Waals surface area contributed by atoms with Crippen LogP contribution >= 0.6 is 0 Å². The smallest absolute Gasteiger partial charge is 0.231 e. The third-order valence-electron chi connectivity index (χ3n) is 2.02. The van der Waals surface area contributed by atoms with E-state index in [0.29, 0.717) is 22.8 Å². The predicted molar refractivity (Wildman–Crippen MR) is 49.6 cm³/mol. The molecule has 0 fully saturated rings. The van der Waals surface area contributed by atoms with E-state index in [4.69, 9.17) is 24.6 Å². The summed E-state index contributed by atoms with van der Waals surface area (Å²) in [4.78, 5) is 0. The highest BCUT2D eigenvalue weighted by Crippen LogP contribution is 2.38. The molecule has 1 N–H and O–H groups in total. The van der Waals surface area contributed by atoms with Crippen molar-refractivity contribution in [3.63, 3.8) is 0 Å². The topological polar surface area (TPSA) is 71.7 Å². The molecule has 0 saturated heterocycles. The Labute approximate surface area is 86.4 Å². The third-order valence-corrected chi connectivity index (χ3v) is 2.02. The van der Waals surface area contributed by atoms with Gasteiger partial charge >= 0.3 is 0 Å². The Balaban J connectivity index is 2.32. The SMILES string of the molecule is N#CCOc1cc2c(cc1CO)OCO2. The molecule has 0 aromatic heterocycles. The average molecular weight is 207 g/mol. The van der Waals surface area contributed by atoms with E-state index >= 15 is 0 Å². The molecule has 0 spiro atoms. The van der Waals surface area contributed by atoms with Crippen molar-refractivity contribution in [3.05, 3.63) is 17.7 Å². The summed E-state index contributed by atoms with van der Waals surface area (Å²) in [6.07, 6.45) is 0. The third kappa shape index (κ3) is 1.80. The van der Waals surface area contributed by atoms with Crippen LogP contribution in [0.3, 0.4) is 0 Å². The van der Waals surface area contributed by atoms with Crippen molar-refractivity contribution in [2.24, 2.45) is 0 Å². The molecule has 1 heterocycles. The largest absolute Gasteiger partial charge is 0.478 e. The van der Waals surface area contributed by atoms with Gasteiger partial charge in [-0.25, -0.2) is 0 Å². The number of hydrogen-bond donors (Lipinski definition) is 1.